The maximum atomic E-state index is 13.2. The van der Waals surface area contributed by atoms with Crippen molar-refractivity contribution in [1.29, 1.82) is 5.26 Å². The van der Waals surface area contributed by atoms with Gasteiger partial charge in [-0.3, -0.25) is 0 Å². The van der Waals surface area contributed by atoms with Crippen LogP contribution in [-0.2, 0) is 15.6 Å². The average molecular weight is 369 g/mol. The molecule has 0 saturated heterocycles. The van der Waals surface area contributed by atoms with Gasteiger partial charge in [-0.15, -0.1) is 0 Å². The van der Waals surface area contributed by atoms with E-state index in [9.17, 15) is 12.8 Å². The number of sulfone groups is 1. The van der Waals surface area contributed by atoms with E-state index in [0.29, 0.717) is 15.7 Å². The molecule has 21 heavy (non-hydrogen) atoms. The number of hydrogen-bond donors (Lipinski definition) is 1. The van der Waals surface area contributed by atoms with Crippen LogP contribution in [0.4, 0.5) is 10.1 Å². The largest absolute Gasteiger partial charge is 0.399 e. The highest BCUT2D eigenvalue weighted by atomic mass is 79.9. The van der Waals surface area contributed by atoms with Gasteiger partial charge in [0.05, 0.1) is 16.2 Å². The number of nitrogens with two attached hydrogens (primary N) is 1. The van der Waals surface area contributed by atoms with E-state index in [0.717, 1.165) is 6.07 Å². The van der Waals surface area contributed by atoms with Gasteiger partial charge in [-0.25, -0.2) is 12.8 Å². The van der Waals surface area contributed by atoms with E-state index < -0.39 is 15.7 Å². The third-order valence-corrected chi connectivity index (χ3v) is 5.46. The van der Waals surface area contributed by atoms with Gasteiger partial charge in [0.1, 0.15) is 11.9 Å². The third kappa shape index (κ3) is 3.40. The van der Waals surface area contributed by atoms with Crippen molar-refractivity contribution in [3.05, 3.63) is 57.8 Å². The van der Waals surface area contributed by atoms with E-state index in [1.54, 1.807) is 6.07 Å². The van der Waals surface area contributed by atoms with Crippen molar-refractivity contribution in [3.63, 3.8) is 0 Å². The van der Waals surface area contributed by atoms with Crippen LogP contribution in [0, 0.1) is 17.1 Å². The summed E-state index contributed by atoms with van der Waals surface area (Å²) in [5, 5.41) is 8.77. The number of rotatable bonds is 3. The standard InChI is InChI=1S/C14H10BrFN2O2S/c15-12-6-11(18)2-4-14(12)21(19,20)8-9-1-3-13(16)10(5-9)7-17/h1-6H,8,18H2. The first-order valence-corrected chi connectivity index (χ1v) is 8.24. The van der Waals surface area contributed by atoms with Gasteiger partial charge in [0.15, 0.2) is 9.84 Å². The zero-order valence-corrected chi connectivity index (χ0v) is 13.1. The van der Waals surface area contributed by atoms with Gasteiger partial charge in [0.25, 0.3) is 0 Å². The molecule has 0 atom stereocenters. The summed E-state index contributed by atoms with van der Waals surface area (Å²) in [5.74, 6) is -1.00. The molecule has 0 aliphatic carbocycles. The first-order chi connectivity index (χ1) is 9.83. The molecule has 7 heteroatoms. The average Bonchev–Trinajstić information content (AvgIpc) is 2.40. The molecule has 0 aliphatic rings. The van der Waals surface area contributed by atoms with Crippen LogP contribution < -0.4 is 5.73 Å². The van der Waals surface area contributed by atoms with Gasteiger partial charge in [0.2, 0.25) is 0 Å². The van der Waals surface area contributed by atoms with Crippen molar-refractivity contribution in [2.75, 3.05) is 5.73 Å². The minimum absolute atomic E-state index is 0.0968. The molecule has 0 aromatic heterocycles. The van der Waals surface area contributed by atoms with E-state index in [1.165, 1.54) is 30.3 Å². The van der Waals surface area contributed by atoms with Gasteiger partial charge >= 0.3 is 0 Å². The highest BCUT2D eigenvalue weighted by Gasteiger charge is 2.19. The Morgan fingerprint density at radius 3 is 2.57 bits per heavy atom. The van der Waals surface area contributed by atoms with E-state index in [4.69, 9.17) is 11.0 Å². The van der Waals surface area contributed by atoms with Crippen LogP contribution in [0.15, 0.2) is 45.8 Å². The molecule has 2 rings (SSSR count). The maximum Gasteiger partial charge on any atom is 0.183 e. The Morgan fingerprint density at radius 1 is 1.24 bits per heavy atom. The molecule has 0 spiro atoms. The molecular weight excluding hydrogens is 359 g/mol. The summed E-state index contributed by atoms with van der Waals surface area (Å²) < 4.78 is 38.3. The topological polar surface area (TPSA) is 84.0 Å². The number of nitrogens with zero attached hydrogens (tertiary/aromatic N) is 1. The smallest absolute Gasteiger partial charge is 0.183 e. The maximum absolute atomic E-state index is 13.2. The molecule has 0 heterocycles. The predicted molar refractivity (Wildman–Crippen MR) is 80.6 cm³/mol. The van der Waals surface area contributed by atoms with Crippen LogP contribution in [0.3, 0.4) is 0 Å². The Kier molecular flexibility index (Phi) is 4.30. The number of nitriles is 1. The van der Waals surface area contributed by atoms with Crippen molar-refractivity contribution in [1.82, 2.24) is 0 Å². The Hall–Kier alpha value is -1.91. The quantitative estimate of drug-likeness (QED) is 0.843. The second-order valence-corrected chi connectivity index (χ2v) is 7.19. The zero-order chi connectivity index (χ0) is 15.6. The first kappa shape index (κ1) is 15.5. The lowest BCUT2D eigenvalue weighted by atomic mass is 10.1. The summed E-state index contributed by atoms with van der Waals surface area (Å²) in [4.78, 5) is 0.0968. The molecule has 2 N–H and O–H groups in total. The van der Waals surface area contributed by atoms with E-state index in [1.807, 2.05) is 0 Å². The lowest BCUT2D eigenvalue weighted by Crippen LogP contribution is -2.06. The molecule has 0 bridgehead atoms. The van der Waals surface area contributed by atoms with Crippen molar-refractivity contribution in [2.45, 2.75) is 10.6 Å². The van der Waals surface area contributed by atoms with E-state index in [-0.39, 0.29) is 16.2 Å². The van der Waals surface area contributed by atoms with Crippen molar-refractivity contribution < 1.29 is 12.8 Å². The first-order valence-electron chi connectivity index (χ1n) is 5.80. The minimum Gasteiger partial charge on any atom is -0.399 e. The van der Waals surface area contributed by atoms with Crippen molar-refractivity contribution in [3.8, 4) is 6.07 Å². The van der Waals surface area contributed by atoms with Crippen LogP contribution in [0.1, 0.15) is 11.1 Å². The second kappa shape index (κ2) is 5.84. The van der Waals surface area contributed by atoms with Gasteiger partial charge in [-0.2, -0.15) is 5.26 Å². The third-order valence-electron chi connectivity index (χ3n) is 2.80. The number of nitrogen functional groups attached to an aromatic ring is 1. The summed E-state index contributed by atoms with van der Waals surface area (Å²) in [5.41, 5.74) is 6.18. The lowest BCUT2D eigenvalue weighted by Gasteiger charge is -2.08. The van der Waals surface area contributed by atoms with E-state index >= 15 is 0 Å². The molecule has 0 amide bonds. The fraction of sp³-hybridized carbons (Fsp3) is 0.0714. The SMILES string of the molecule is N#Cc1cc(CS(=O)(=O)c2ccc(N)cc2Br)ccc1F. The van der Waals surface area contributed by atoms with Crippen LogP contribution >= 0.6 is 15.9 Å². The molecule has 108 valence electrons. The molecule has 2 aromatic carbocycles. The van der Waals surface area contributed by atoms with Gasteiger partial charge < -0.3 is 5.73 Å². The number of halogens is 2. The molecule has 0 unspecified atom stereocenters. The van der Waals surface area contributed by atoms with Crippen molar-refractivity contribution in [2.24, 2.45) is 0 Å². The Balaban J connectivity index is 2.40. The number of anilines is 1. The highest BCUT2D eigenvalue weighted by molar-refractivity contribution is 9.10. The van der Waals surface area contributed by atoms with Gasteiger partial charge in [-0.05, 0) is 51.8 Å². The molecule has 0 aliphatic heterocycles. The Morgan fingerprint density at radius 2 is 1.95 bits per heavy atom. The molecule has 0 saturated carbocycles. The molecular formula is C14H10BrFN2O2S. The fourth-order valence-electron chi connectivity index (χ4n) is 1.81. The van der Waals surface area contributed by atoms with Crippen molar-refractivity contribution >= 4 is 31.5 Å². The van der Waals surface area contributed by atoms with Crippen LogP contribution in [-0.4, -0.2) is 8.42 Å². The summed E-state index contributed by atoms with van der Waals surface area (Å²) >= 11 is 3.16. The normalized spacial score (nSPS) is 11.1. The van der Waals surface area contributed by atoms with E-state index in [2.05, 4.69) is 15.9 Å². The summed E-state index contributed by atoms with van der Waals surface area (Å²) in [6.07, 6.45) is 0. The van der Waals surface area contributed by atoms with Crippen LogP contribution in [0.25, 0.3) is 0 Å². The minimum atomic E-state index is -3.63. The summed E-state index contributed by atoms with van der Waals surface area (Å²) in [7, 11) is -3.63. The zero-order valence-electron chi connectivity index (χ0n) is 10.7. The predicted octanol–water partition coefficient (Wildman–Crippen LogP) is 3.02. The second-order valence-electron chi connectivity index (χ2n) is 4.37. The van der Waals surface area contributed by atoms with Crippen LogP contribution in [0.2, 0.25) is 0 Å². The monoisotopic (exact) mass is 368 g/mol. The Labute approximate surface area is 130 Å². The highest BCUT2D eigenvalue weighted by Crippen LogP contribution is 2.27. The summed E-state index contributed by atoms with van der Waals surface area (Å²) in [6.45, 7) is 0. The summed E-state index contributed by atoms with van der Waals surface area (Å²) in [6, 6.07) is 9.74. The Bertz CT molecular complexity index is 845. The molecule has 4 nitrogen and oxygen atoms in total. The molecule has 0 radical (unpaired) electrons. The number of benzene rings is 2. The lowest BCUT2D eigenvalue weighted by molar-refractivity contribution is 0.594. The number of hydrogen-bond acceptors (Lipinski definition) is 4. The van der Waals surface area contributed by atoms with Gasteiger partial charge in [0, 0.05) is 10.2 Å². The molecule has 2 aromatic rings. The fourth-order valence-corrected chi connectivity index (χ4v) is 4.36. The van der Waals surface area contributed by atoms with Gasteiger partial charge in [-0.1, -0.05) is 6.07 Å². The van der Waals surface area contributed by atoms with Crippen LogP contribution in [0.5, 0.6) is 0 Å². The molecule has 0 fully saturated rings.